The first kappa shape index (κ1) is 30.8. The minimum absolute atomic E-state index is 0.0566. The van der Waals surface area contributed by atoms with Crippen LogP contribution in [0.3, 0.4) is 0 Å². The number of nitrogens with two attached hydrogens (primary N) is 1. The number of carbonyl (C=O) groups excluding carboxylic acids is 3. The number of urea groups is 1. The fraction of sp³-hybridized carbons (Fsp3) is 0.364. The molecule has 0 radical (unpaired) electrons. The SMILES string of the molecule is CC(C)N(C(=O)NCC1=CCC(F)C=C1)N1CC(=O)N2[C@@H](Cc3ccc4[nH]ncc4c3)C(=O)N(Cc3cccc4sc(N)nc34)C[C@@H]21. The van der Waals surface area contributed by atoms with Crippen molar-refractivity contribution in [1.29, 1.82) is 0 Å². The number of nitrogens with zero attached hydrogens (tertiary/aromatic N) is 6. The van der Waals surface area contributed by atoms with Crippen molar-refractivity contribution in [1.82, 2.24) is 40.3 Å². The molecule has 12 nitrogen and oxygen atoms in total. The standard InChI is InChI=1S/C33H36FN9O3S/c1-19(2)43(33(46)36-14-20-6-9-24(34)10-7-20)41-18-29(44)42-26(13-21-8-11-25-23(12-21)15-37-39-25)31(45)40(17-28(41)42)16-22-4-3-5-27-30(22)38-32(35)47-27/h3-9,11-12,15,19,24,26,28H,10,13-14,16-18H2,1-2H3,(H2,35,38)(H,36,46)(H,37,39)/t24?,26-,28+/m0/s1. The summed E-state index contributed by atoms with van der Waals surface area (Å²) in [6, 6.07) is 10.2. The summed E-state index contributed by atoms with van der Waals surface area (Å²) >= 11 is 1.39. The number of H-pyrrole nitrogens is 1. The van der Waals surface area contributed by atoms with Crippen molar-refractivity contribution in [3.05, 3.63) is 77.5 Å². The Hall–Kier alpha value is -4.82. The van der Waals surface area contributed by atoms with Crippen LogP contribution in [-0.2, 0) is 22.6 Å². The number of carbonyl (C=O) groups is 3. The summed E-state index contributed by atoms with van der Waals surface area (Å²) in [7, 11) is 0. The molecule has 47 heavy (non-hydrogen) atoms. The van der Waals surface area contributed by atoms with E-state index in [1.807, 2.05) is 50.2 Å². The second-order valence-electron chi connectivity index (χ2n) is 12.4. The number of thiazole rings is 1. The Labute approximate surface area is 274 Å². The highest BCUT2D eigenvalue weighted by molar-refractivity contribution is 7.22. The number of rotatable bonds is 8. The molecule has 2 fully saturated rings. The van der Waals surface area contributed by atoms with Crippen molar-refractivity contribution in [3.8, 4) is 0 Å². The summed E-state index contributed by atoms with van der Waals surface area (Å²) < 4.78 is 14.5. The predicted molar refractivity (Wildman–Crippen MR) is 177 cm³/mol. The van der Waals surface area contributed by atoms with E-state index in [0.717, 1.165) is 37.8 Å². The van der Waals surface area contributed by atoms with Crippen LogP contribution in [0.5, 0.6) is 0 Å². The molecule has 1 aliphatic carbocycles. The van der Waals surface area contributed by atoms with Crippen LogP contribution in [0, 0.1) is 0 Å². The van der Waals surface area contributed by atoms with E-state index in [4.69, 9.17) is 5.73 Å². The molecular formula is C33H36FN9O3S. The van der Waals surface area contributed by atoms with Gasteiger partial charge in [-0.15, -0.1) is 0 Å². The highest BCUT2D eigenvalue weighted by Crippen LogP contribution is 2.33. The molecule has 3 aliphatic rings. The summed E-state index contributed by atoms with van der Waals surface area (Å²) in [5.41, 5.74) is 10.2. The number of piperazine rings is 1. The lowest BCUT2D eigenvalue weighted by Crippen LogP contribution is -2.66. The second-order valence-corrected chi connectivity index (χ2v) is 13.5. The third-order valence-electron chi connectivity index (χ3n) is 8.92. The van der Waals surface area contributed by atoms with Crippen LogP contribution >= 0.6 is 11.3 Å². The van der Waals surface area contributed by atoms with Crippen molar-refractivity contribution in [2.24, 2.45) is 0 Å². The Balaban J connectivity index is 1.20. The highest BCUT2D eigenvalue weighted by atomic mass is 32.1. The van der Waals surface area contributed by atoms with Crippen LogP contribution in [0.4, 0.5) is 14.3 Å². The number of halogens is 1. The number of allylic oxidation sites excluding steroid dienone is 2. The van der Waals surface area contributed by atoms with Gasteiger partial charge in [-0.2, -0.15) is 10.1 Å². The molecule has 244 valence electrons. The van der Waals surface area contributed by atoms with Crippen molar-refractivity contribution in [2.75, 3.05) is 25.4 Å². The first-order valence-electron chi connectivity index (χ1n) is 15.7. The Kier molecular flexibility index (Phi) is 8.14. The predicted octanol–water partition coefficient (Wildman–Crippen LogP) is 3.74. The molecule has 2 aromatic carbocycles. The van der Waals surface area contributed by atoms with Gasteiger partial charge in [-0.25, -0.2) is 14.2 Å². The normalized spacial score (nSPS) is 21.6. The van der Waals surface area contributed by atoms with Crippen molar-refractivity contribution < 1.29 is 18.8 Å². The summed E-state index contributed by atoms with van der Waals surface area (Å²) in [4.78, 5) is 49.8. The average Bonchev–Trinajstić information content (AvgIpc) is 3.75. The number of fused-ring (bicyclic) bond motifs is 3. The Morgan fingerprint density at radius 3 is 2.89 bits per heavy atom. The van der Waals surface area contributed by atoms with Gasteiger partial charge in [0.15, 0.2) is 5.13 Å². The molecular weight excluding hydrogens is 621 g/mol. The Bertz CT molecular complexity index is 1920. The molecule has 3 atom stereocenters. The highest BCUT2D eigenvalue weighted by Gasteiger charge is 2.52. The summed E-state index contributed by atoms with van der Waals surface area (Å²) in [6.45, 7) is 4.41. The van der Waals surface area contributed by atoms with Gasteiger partial charge in [-0.05, 0) is 48.7 Å². The van der Waals surface area contributed by atoms with E-state index in [1.165, 1.54) is 17.4 Å². The van der Waals surface area contributed by atoms with Crippen molar-refractivity contribution >= 4 is 55.4 Å². The van der Waals surface area contributed by atoms with Gasteiger partial charge in [0.1, 0.15) is 18.4 Å². The van der Waals surface area contributed by atoms with E-state index < -0.39 is 18.4 Å². The maximum absolute atomic E-state index is 14.3. The maximum Gasteiger partial charge on any atom is 0.332 e. The monoisotopic (exact) mass is 657 g/mol. The molecule has 0 saturated carbocycles. The number of nitrogen functional groups attached to an aromatic ring is 1. The zero-order chi connectivity index (χ0) is 32.8. The molecule has 4 heterocycles. The molecule has 0 bridgehead atoms. The molecule has 4 N–H and O–H groups in total. The van der Waals surface area contributed by atoms with Gasteiger partial charge >= 0.3 is 6.03 Å². The zero-order valence-corrected chi connectivity index (χ0v) is 26.9. The summed E-state index contributed by atoms with van der Waals surface area (Å²) in [6.07, 6.45) is 5.63. The number of aromatic nitrogens is 3. The van der Waals surface area contributed by atoms with Crippen LogP contribution < -0.4 is 11.1 Å². The van der Waals surface area contributed by atoms with Crippen molar-refractivity contribution in [2.45, 2.75) is 57.7 Å². The van der Waals surface area contributed by atoms with E-state index in [1.54, 1.807) is 38.2 Å². The number of hydrogen-bond acceptors (Lipinski definition) is 8. The smallest absolute Gasteiger partial charge is 0.332 e. The lowest BCUT2D eigenvalue weighted by Gasteiger charge is -2.47. The maximum atomic E-state index is 14.3. The minimum atomic E-state index is -1.02. The van der Waals surface area contributed by atoms with Crippen LogP contribution in [0.2, 0.25) is 0 Å². The van der Waals surface area contributed by atoms with E-state index >= 15 is 0 Å². The topological polar surface area (TPSA) is 144 Å². The summed E-state index contributed by atoms with van der Waals surface area (Å²) in [5.74, 6) is -0.399. The van der Waals surface area contributed by atoms with E-state index in [2.05, 4.69) is 20.5 Å². The number of alkyl halides is 1. The largest absolute Gasteiger partial charge is 0.375 e. The molecule has 7 rings (SSSR count). The minimum Gasteiger partial charge on any atom is -0.375 e. The van der Waals surface area contributed by atoms with Gasteiger partial charge in [-0.3, -0.25) is 19.7 Å². The molecule has 2 aliphatic heterocycles. The van der Waals surface area contributed by atoms with Gasteiger partial charge in [0.05, 0.1) is 35.0 Å². The van der Waals surface area contributed by atoms with Gasteiger partial charge in [-0.1, -0.05) is 47.8 Å². The molecule has 2 aromatic heterocycles. The molecule has 14 heteroatoms. The van der Waals surface area contributed by atoms with Gasteiger partial charge in [0.25, 0.3) is 0 Å². The van der Waals surface area contributed by atoms with Gasteiger partial charge in [0, 0.05) is 37.4 Å². The van der Waals surface area contributed by atoms with E-state index in [9.17, 15) is 18.8 Å². The van der Waals surface area contributed by atoms with Crippen LogP contribution in [-0.4, -0.2) is 96.9 Å². The van der Waals surface area contributed by atoms with Crippen LogP contribution in [0.1, 0.15) is 31.4 Å². The molecule has 2 saturated heterocycles. The summed E-state index contributed by atoms with van der Waals surface area (Å²) in [5, 5.41) is 14.7. The second kappa shape index (κ2) is 12.4. The number of hydrogen-bond donors (Lipinski definition) is 3. The van der Waals surface area contributed by atoms with Crippen LogP contribution in [0.15, 0.2) is 66.4 Å². The zero-order valence-electron chi connectivity index (χ0n) is 26.1. The number of aromatic amines is 1. The van der Waals surface area contributed by atoms with Gasteiger partial charge < -0.3 is 20.9 Å². The molecule has 1 unspecified atom stereocenters. The quantitative estimate of drug-likeness (QED) is 0.262. The number of amides is 4. The number of benzene rings is 2. The Morgan fingerprint density at radius 1 is 1.26 bits per heavy atom. The first-order valence-corrected chi connectivity index (χ1v) is 16.5. The Morgan fingerprint density at radius 2 is 2.11 bits per heavy atom. The third-order valence-corrected chi connectivity index (χ3v) is 9.77. The first-order chi connectivity index (χ1) is 22.7. The average molecular weight is 658 g/mol. The lowest BCUT2D eigenvalue weighted by molar-refractivity contribution is -0.158. The van der Waals surface area contributed by atoms with E-state index in [0.29, 0.717) is 11.6 Å². The van der Waals surface area contributed by atoms with Crippen molar-refractivity contribution in [3.63, 3.8) is 0 Å². The fourth-order valence-corrected chi connectivity index (χ4v) is 7.52. The molecule has 4 aromatic rings. The number of nitrogens with one attached hydrogen (secondary N) is 2. The lowest BCUT2D eigenvalue weighted by atomic mass is 9.99. The van der Waals surface area contributed by atoms with Gasteiger partial charge in [0.2, 0.25) is 11.8 Å². The molecule has 0 spiro atoms. The number of anilines is 1. The van der Waals surface area contributed by atoms with E-state index in [-0.39, 0.29) is 56.5 Å². The fourth-order valence-electron chi connectivity index (χ4n) is 6.74. The molecule has 4 amide bonds. The number of para-hydroxylation sites is 1. The number of hydrazine groups is 1. The van der Waals surface area contributed by atoms with Crippen LogP contribution in [0.25, 0.3) is 21.1 Å². The third kappa shape index (κ3) is 5.94.